The lowest BCUT2D eigenvalue weighted by molar-refractivity contribution is 0.120. The summed E-state index contributed by atoms with van der Waals surface area (Å²) in [6.07, 6.45) is -0.307. The summed E-state index contributed by atoms with van der Waals surface area (Å²) in [4.78, 5) is 23.8. The van der Waals surface area contributed by atoms with Crippen LogP contribution in [0, 0.1) is 0 Å². The molecule has 1 unspecified atom stereocenters. The number of anilines is 3. The van der Waals surface area contributed by atoms with E-state index in [4.69, 9.17) is 20.0 Å². The summed E-state index contributed by atoms with van der Waals surface area (Å²) in [5.74, 6) is 0.615. The number of morpholine rings is 1. The van der Waals surface area contributed by atoms with Gasteiger partial charge in [0.2, 0.25) is 5.65 Å². The second kappa shape index (κ2) is 6.28. The van der Waals surface area contributed by atoms with Crippen molar-refractivity contribution in [1.29, 1.82) is 0 Å². The number of hydrogen-bond acceptors (Lipinski definition) is 8. The third kappa shape index (κ3) is 3.12. The molecule has 0 saturated carbocycles. The van der Waals surface area contributed by atoms with Crippen molar-refractivity contribution in [3.05, 3.63) is 6.07 Å². The van der Waals surface area contributed by atoms with E-state index in [0.717, 1.165) is 13.1 Å². The van der Waals surface area contributed by atoms with Crippen molar-refractivity contribution in [2.24, 2.45) is 0 Å². The number of rotatable bonds is 3. The SMILES string of the molecule is Nc1cc2oc(N3CCOCC3)nc2nc1N1CCC(NC(=O)O)C1. The number of nitrogens with one attached hydrogen (secondary N) is 1. The number of nitrogen functional groups attached to an aromatic ring is 1. The Kier molecular flexibility index (Phi) is 3.96. The number of aromatic nitrogens is 2. The number of carboxylic acid groups (broad SMARTS) is 1. The Morgan fingerprint density at radius 2 is 2.08 bits per heavy atom. The molecule has 10 heteroatoms. The first kappa shape index (κ1) is 15.8. The molecule has 0 aromatic carbocycles. The molecule has 0 aliphatic carbocycles. The van der Waals surface area contributed by atoms with Gasteiger partial charge in [-0.05, 0) is 6.42 Å². The van der Waals surface area contributed by atoms with Crippen LogP contribution < -0.4 is 20.9 Å². The number of nitrogens with zero attached hydrogens (tertiary/aromatic N) is 4. The Labute approximate surface area is 143 Å². The first-order valence-corrected chi connectivity index (χ1v) is 8.24. The van der Waals surface area contributed by atoms with Crippen molar-refractivity contribution < 1.29 is 19.1 Å². The first-order chi connectivity index (χ1) is 12.1. The zero-order chi connectivity index (χ0) is 17.4. The maximum absolute atomic E-state index is 10.8. The third-order valence-electron chi connectivity index (χ3n) is 4.48. The van der Waals surface area contributed by atoms with E-state index in [1.807, 2.05) is 9.80 Å². The van der Waals surface area contributed by atoms with Crippen LogP contribution in [0.2, 0.25) is 0 Å². The molecule has 10 nitrogen and oxygen atoms in total. The predicted molar refractivity (Wildman–Crippen MR) is 91.0 cm³/mol. The minimum atomic E-state index is -1.02. The third-order valence-corrected chi connectivity index (χ3v) is 4.48. The highest BCUT2D eigenvalue weighted by molar-refractivity contribution is 5.80. The normalized spacial score (nSPS) is 21.0. The molecule has 4 rings (SSSR count). The zero-order valence-corrected chi connectivity index (χ0v) is 13.6. The van der Waals surface area contributed by atoms with Crippen molar-refractivity contribution in [2.45, 2.75) is 12.5 Å². The average molecular weight is 348 g/mol. The van der Waals surface area contributed by atoms with Crippen molar-refractivity contribution >= 4 is 34.8 Å². The number of oxazole rings is 1. The van der Waals surface area contributed by atoms with E-state index in [2.05, 4.69) is 15.3 Å². The van der Waals surface area contributed by atoms with E-state index in [-0.39, 0.29) is 6.04 Å². The number of nitrogens with two attached hydrogens (primary N) is 1. The number of pyridine rings is 1. The highest BCUT2D eigenvalue weighted by Gasteiger charge is 2.27. The Balaban J connectivity index is 1.58. The Morgan fingerprint density at radius 3 is 2.84 bits per heavy atom. The largest absolute Gasteiger partial charge is 0.465 e. The molecule has 1 atom stereocenters. The van der Waals surface area contributed by atoms with Gasteiger partial charge in [0.05, 0.1) is 24.9 Å². The van der Waals surface area contributed by atoms with Gasteiger partial charge in [-0.1, -0.05) is 0 Å². The maximum atomic E-state index is 10.8. The van der Waals surface area contributed by atoms with Crippen LogP contribution >= 0.6 is 0 Å². The number of ether oxygens (including phenoxy) is 1. The molecule has 2 aromatic rings. The Morgan fingerprint density at radius 1 is 1.28 bits per heavy atom. The molecule has 25 heavy (non-hydrogen) atoms. The molecule has 0 bridgehead atoms. The highest BCUT2D eigenvalue weighted by Crippen LogP contribution is 2.30. The molecule has 4 heterocycles. The standard InChI is InChI=1S/C15H20N6O4/c16-10-7-11-12(19-14(25-11)20-3-5-24-6-4-20)18-13(10)21-2-1-9(8-21)17-15(22)23/h7,9,17H,1-6,8,16H2,(H,22,23). The summed E-state index contributed by atoms with van der Waals surface area (Å²) in [6.45, 7) is 3.95. The summed E-state index contributed by atoms with van der Waals surface area (Å²) in [5, 5.41) is 11.3. The van der Waals surface area contributed by atoms with Crippen molar-refractivity contribution in [3.8, 4) is 0 Å². The fourth-order valence-corrected chi connectivity index (χ4v) is 3.25. The molecule has 1 amide bonds. The van der Waals surface area contributed by atoms with Crippen LogP contribution in [0.4, 0.5) is 22.3 Å². The number of carbonyl (C=O) groups is 1. The zero-order valence-electron chi connectivity index (χ0n) is 13.6. The number of fused-ring (bicyclic) bond motifs is 1. The average Bonchev–Trinajstić information content (AvgIpc) is 3.20. The van der Waals surface area contributed by atoms with Gasteiger partial charge in [0.1, 0.15) is 0 Å². The molecular weight excluding hydrogens is 328 g/mol. The highest BCUT2D eigenvalue weighted by atomic mass is 16.5. The van der Waals surface area contributed by atoms with E-state index in [0.29, 0.717) is 61.5 Å². The van der Waals surface area contributed by atoms with Gasteiger partial charge in [0.25, 0.3) is 6.01 Å². The lowest BCUT2D eigenvalue weighted by Gasteiger charge is -2.24. The summed E-state index contributed by atoms with van der Waals surface area (Å²) in [7, 11) is 0. The summed E-state index contributed by atoms with van der Waals surface area (Å²) < 4.78 is 11.1. The van der Waals surface area contributed by atoms with E-state index < -0.39 is 6.09 Å². The van der Waals surface area contributed by atoms with E-state index in [1.54, 1.807) is 6.07 Å². The van der Waals surface area contributed by atoms with Crippen LogP contribution in [0.1, 0.15) is 6.42 Å². The lowest BCUT2D eigenvalue weighted by atomic mass is 10.3. The Hall–Kier alpha value is -2.75. The Bertz CT molecular complexity index is 788. The lowest BCUT2D eigenvalue weighted by Crippen LogP contribution is -2.36. The molecule has 2 aliphatic rings. The first-order valence-electron chi connectivity index (χ1n) is 8.24. The van der Waals surface area contributed by atoms with Crippen molar-refractivity contribution in [2.75, 3.05) is 54.9 Å². The smallest absolute Gasteiger partial charge is 0.404 e. The van der Waals surface area contributed by atoms with Crippen LogP contribution in [0.15, 0.2) is 10.5 Å². The molecule has 134 valence electrons. The van der Waals surface area contributed by atoms with E-state index in [9.17, 15) is 4.79 Å². The minimum absolute atomic E-state index is 0.129. The van der Waals surface area contributed by atoms with Gasteiger partial charge in [-0.2, -0.15) is 4.98 Å². The van der Waals surface area contributed by atoms with E-state index >= 15 is 0 Å². The van der Waals surface area contributed by atoms with Gasteiger partial charge in [0, 0.05) is 32.2 Å². The fraction of sp³-hybridized carbons (Fsp3) is 0.533. The van der Waals surface area contributed by atoms with Crippen LogP contribution in [0.3, 0.4) is 0 Å². The minimum Gasteiger partial charge on any atom is -0.465 e. The summed E-state index contributed by atoms with van der Waals surface area (Å²) in [5.41, 5.74) is 7.68. The van der Waals surface area contributed by atoms with Gasteiger partial charge >= 0.3 is 6.09 Å². The van der Waals surface area contributed by atoms with Gasteiger partial charge in [-0.15, -0.1) is 0 Å². The molecule has 2 aliphatic heterocycles. The molecule has 2 saturated heterocycles. The van der Waals surface area contributed by atoms with Gasteiger partial charge in [0.15, 0.2) is 11.4 Å². The van der Waals surface area contributed by atoms with Crippen LogP contribution in [0.25, 0.3) is 11.2 Å². The van der Waals surface area contributed by atoms with Crippen molar-refractivity contribution in [1.82, 2.24) is 15.3 Å². The maximum Gasteiger partial charge on any atom is 0.404 e. The molecule has 2 aromatic heterocycles. The number of amides is 1. The second-order valence-corrected chi connectivity index (χ2v) is 6.20. The van der Waals surface area contributed by atoms with Gasteiger partial charge in [-0.25, -0.2) is 9.78 Å². The monoisotopic (exact) mass is 348 g/mol. The van der Waals surface area contributed by atoms with Gasteiger partial charge < -0.3 is 35.1 Å². The topological polar surface area (TPSA) is 130 Å². The molecular formula is C15H20N6O4. The molecule has 4 N–H and O–H groups in total. The quantitative estimate of drug-likeness (QED) is 0.725. The number of hydrogen-bond donors (Lipinski definition) is 3. The summed E-state index contributed by atoms with van der Waals surface area (Å²) in [6, 6.07) is 2.12. The molecule has 0 radical (unpaired) electrons. The van der Waals surface area contributed by atoms with E-state index in [1.165, 1.54) is 0 Å². The van der Waals surface area contributed by atoms with Crippen molar-refractivity contribution in [3.63, 3.8) is 0 Å². The molecule has 0 spiro atoms. The van der Waals surface area contributed by atoms with Crippen LogP contribution in [-0.4, -0.2) is 66.6 Å². The second-order valence-electron chi connectivity index (χ2n) is 6.20. The predicted octanol–water partition coefficient (Wildman–Crippen LogP) is 0.488. The van der Waals surface area contributed by atoms with Crippen LogP contribution in [0.5, 0.6) is 0 Å². The fourth-order valence-electron chi connectivity index (χ4n) is 3.25. The van der Waals surface area contributed by atoms with Crippen LogP contribution in [-0.2, 0) is 4.74 Å². The summed E-state index contributed by atoms with van der Waals surface area (Å²) >= 11 is 0. The van der Waals surface area contributed by atoms with Gasteiger partial charge in [-0.3, -0.25) is 0 Å². The molecule has 2 fully saturated rings.